The highest BCUT2D eigenvalue weighted by Crippen LogP contribution is 2.37. The zero-order valence-electron chi connectivity index (χ0n) is 10.3. The minimum Gasteiger partial charge on any atom is -0.452 e. The van der Waals surface area contributed by atoms with E-state index >= 15 is 0 Å². The molecule has 2 rings (SSSR count). The third-order valence-corrected chi connectivity index (χ3v) is 4.37. The van der Waals surface area contributed by atoms with Crippen molar-refractivity contribution in [3.63, 3.8) is 0 Å². The second-order valence-electron chi connectivity index (χ2n) is 4.79. The summed E-state index contributed by atoms with van der Waals surface area (Å²) in [7, 11) is 0. The third kappa shape index (κ3) is 2.21. The molecule has 1 aromatic rings. The van der Waals surface area contributed by atoms with Gasteiger partial charge in [-0.25, -0.2) is 0 Å². The third-order valence-electron chi connectivity index (χ3n) is 4.07. The van der Waals surface area contributed by atoms with Gasteiger partial charge in [0.1, 0.15) is 0 Å². The highest BCUT2D eigenvalue weighted by molar-refractivity contribution is 6.32. The van der Waals surface area contributed by atoms with Gasteiger partial charge in [-0.3, -0.25) is 4.79 Å². The Bertz CT molecular complexity index is 409. The van der Waals surface area contributed by atoms with Crippen LogP contribution >= 0.6 is 11.6 Å². The minimum atomic E-state index is -0.00692. The van der Waals surface area contributed by atoms with Crippen LogP contribution in [-0.2, 0) is 0 Å². The van der Waals surface area contributed by atoms with Crippen LogP contribution < -0.4 is 0 Å². The van der Waals surface area contributed by atoms with Crippen molar-refractivity contribution >= 4 is 17.5 Å². The fourth-order valence-electron chi connectivity index (χ4n) is 2.55. The fraction of sp³-hybridized carbons (Fsp3) is 0.615. The number of rotatable bonds is 3. The Morgan fingerprint density at radius 3 is 2.71 bits per heavy atom. The Kier molecular flexibility index (Phi) is 3.48. The molecule has 1 aliphatic rings. The summed E-state index contributed by atoms with van der Waals surface area (Å²) >= 11 is 5.84. The van der Waals surface area contributed by atoms with Gasteiger partial charge in [0.15, 0.2) is 0 Å². The number of likely N-dealkylation sites (tertiary alicyclic amines) is 1. The van der Waals surface area contributed by atoms with Crippen LogP contribution in [-0.4, -0.2) is 23.9 Å². The molecule has 1 fully saturated rings. The first-order valence-electron chi connectivity index (χ1n) is 6.14. The second kappa shape index (κ2) is 4.73. The first-order valence-corrected chi connectivity index (χ1v) is 6.52. The Hall–Kier alpha value is -0.960. The molecule has 0 saturated carbocycles. The van der Waals surface area contributed by atoms with Crippen molar-refractivity contribution in [1.29, 1.82) is 0 Å². The number of halogens is 1. The van der Waals surface area contributed by atoms with Gasteiger partial charge in [-0.05, 0) is 42.3 Å². The molecule has 0 spiro atoms. The van der Waals surface area contributed by atoms with Crippen LogP contribution in [0.3, 0.4) is 0 Å². The SMILES string of the molecule is CCC1(CC)CCN(C(=O)c2ccoc2Cl)C1. The topological polar surface area (TPSA) is 33.5 Å². The van der Waals surface area contributed by atoms with Gasteiger partial charge in [0.05, 0.1) is 11.8 Å². The number of nitrogens with zero attached hydrogens (tertiary/aromatic N) is 1. The summed E-state index contributed by atoms with van der Waals surface area (Å²) in [4.78, 5) is 14.1. The van der Waals surface area contributed by atoms with E-state index in [2.05, 4.69) is 13.8 Å². The Morgan fingerprint density at radius 1 is 1.53 bits per heavy atom. The smallest absolute Gasteiger partial charge is 0.258 e. The maximum absolute atomic E-state index is 12.2. The summed E-state index contributed by atoms with van der Waals surface area (Å²) in [6, 6.07) is 1.64. The lowest BCUT2D eigenvalue weighted by atomic mass is 9.82. The van der Waals surface area contributed by atoms with Crippen LogP contribution in [0.25, 0.3) is 0 Å². The Labute approximate surface area is 107 Å². The molecule has 94 valence electrons. The van der Waals surface area contributed by atoms with Crippen molar-refractivity contribution < 1.29 is 9.21 Å². The molecule has 4 heteroatoms. The van der Waals surface area contributed by atoms with E-state index in [0.717, 1.165) is 32.4 Å². The zero-order chi connectivity index (χ0) is 12.5. The van der Waals surface area contributed by atoms with Crippen LogP contribution in [0.2, 0.25) is 5.22 Å². The first-order chi connectivity index (χ1) is 8.12. The summed E-state index contributed by atoms with van der Waals surface area (Å²) < 4.78 is 4.97. The predicted molar refractivity (Wildman–Crippen MR) is 67.3 cm³/mol. The van der Waals surface area contributed by atoms with Gasteiger partial charge in [0, 0.05) is 13.1 Å². The van der Waals surface area contributed by atoms with Crippen molar-refractivity contribution in [3.8, 4) is 0 Å². The number of hydrogen-bond donors (Lipinski definition) is 0. The molecule has 2 heterocycles. The molecule has 0 unspecified atom stereocenters. The van der Waals surface area contributed by atoms with Gasteiger partial charge in [-0.2, -0.15) is 0 Å². The van der Waals surface area contributed by atoms with E-state index in [4.69, 9.17) is 16.0 Å². The second-order valence-corrected chi connectivity index (χ2v) is 5.14. The molecule has 0 bridgehead atoms. The van der Waals surface area contributed by atoms with Crippen molar-refractivity contribution in [1.82, 2.24) is 4.90 Å². The van der Waals surface area contributed by atoms with Crippen molar-refractivity contribution in [2.45, 2.75) is 33.1 Å². The maximum atomic E-state index is 12.2. The van der Waals surface area contributed by atoms with Gasteiger partial charge in [0.2, 0.25) is 5.22 Å². The molecule has 3 nitrogen and oxygen atoms in total. The molecule has 17 heavy (non-hydrogen) atoms. The molecule has 0 N–H and O–H groups in total. The zero-order valence-corrected chi connectivity index (χ0v) is 11.1. The van der Waals surface area contributed by atoms with Gasteiger partial charge in [-0.1, -0.05) is 13.8 Å². The minimum absolute atomic E-state index is 0.00692. The average Bonchev–Trinajstić information content (AvgIpc) is 2.95. The molecule has 0 radical (unpaired) electrons. The molecule has 0 atom stereocenters. The average molecular weight is 256 g/mol. The fourth-order valence-corrected chi connectivity index (χ4v) is 2.75. The lowest BCUT2D eigenvalue weighted by Gasteiger charge is -2.26. The summed E-state index contributed by atoms with van der Waals surface area (Å²) in [6.45, 7) is 6.05. The standard InChI is InChI=1S/C13H18ClNO2/c1-3-13(4-2)6-7-15(9-13)12(16)10-5-8-17-11(10)14/h5,8H,3-4,6-7,9H2,1-2H3. The molecule has 0 aromatic carbocycles. The summed E-state index contributed by atoms with van der Waals surface area (Å²) in [5.74, 6) is -0.00692. The lowest BCUT2D eigenvalue weighted by Crippen LogP contribution is -2.31. The Balaban J connectivity index is 2.11. The normalized spacial score (nSPS) is 18.6. The van der Waals surface area contributed by atoms with Crippen molar-refractivity contribution in [2.75, 3.05) is 13.1 Å². The van der Waals surface area contributed by atoms with E-state index < -0.39 is 0 Å². The van der Waals surface area contributed by atoms with Crippen molar-refractivity contribution in [2.24, 2.45) is 5.41 Å². The lowest BCUT2D eigenvalue weighted by molar-refractivity contribution is 0.0769. The number of carbonyl (C=O) groups excluding carboxylic acids is 1. The van der Waals surface area contributed by atoms with Gasteiger partial charge >= 0.3 is 0 Å². The molecule has 1 aliphatic heterocycles. The van der Waals surface area contributed by atoms with E-state index in [1.807, 2.05) is 4.90 Å². The molecule has 1 saturated heterocycles. The number of carbonyl (C=O) groups is 1. The van der Waals surface area contributed by atoms with Crippen molar-refractivity contribution in [3.05, 3.63) is 23.1 Å². The van der Waals surface area contributed by atoms with Crippen LogP contribution in [0.4, 0.5) is 0 Å². The summed E-state index contributed by atoms with van der Waals surface area (Å²) in [5, 5.41) is 0.195. The number of amides is 1. The molecule has 0 aliphatic carbocycles. The van der Waals surface area contributed by atoms with E-state index in [1.54, 1.807) is 6.07 Å². The molecular weight excluding hydrogens is 238 g/mol. The van der Waals surface area contributed by atoms with E-state index in [9.17, 15) is 4.79 Å². The van der Waals surface area contributed by atoms with E-state index in [0.29, 0.717) is 11.0 Å². The summed E-state index contributed by atoms with van der Waals surface area (Å²) in [6.07, 6.45) is 4.78. The van der Waals surface area contributed by atoms with E-state index in [-0.39, 0.29) is 11.1 Å². The number of hydrogen-bond acceptors (Lipinski definition) is 2. The highest BCUT2D eigenvalue weighted by atomic mass is 35.5. The Morgan fingerprint density at radius 2 is 2.24 bits per heavy atom. The monoisotopic (exact) mass is 255 g/mol. The van der Waals surface area contributed by atoms with Gasteiger partial charge in [0.25, 0.3) is 5.91 Å². The largest absolute Gasteiger partial charge is 0.452 e. The quantitative estimate of drug-likeness (QED) is 0.827. The number of furan rings is 1. The maximum Gasteiger partial charge on any atom is 0.258 e. The molecule has 1 aromatic heterocycles. The molecule has 1 amide bonds. The van der Waals surface area contributed by atoms with E-state index in [1.165, 1.54) is 6.26 Å². The van der Waals surface area contributed by atoms with Crippen LogP contribution in [0, 0.1) is 5.41 Å². The predicted octanol–water partition coefficient (Wildman–Crippen LogP) is 3.59. The van der Waals surface area contributed by atoms with Gasteiger partial charge < -0.3 is 9.32 Å². The van der Waals surface area contributed by atoms with Gasteiger partial charge in [-0.15, -0.1) is 0 Å². The van der Waals surface area contributed by atoms with Crippen LogP contribution in [0.5, 0.6) is 0 Å². The van der Waals surface area contributed by atoms with Crippen LogP contribution in [0.15, 0.2) is 16.7 Å². The summed E-state index contributed by atoms with van der Waals surface area (Å²) in [5.41, 5.74) is 0.779. The highest BCUT2D eigenvalue weighted by Gasteiger charge is 2.37. The van der Waals surface area contributed by atoms with Crippen LogP contribution in [0.1, 0.15) is 43.5 Å². The first kappa shape index (κ1) is 12.5. The molecular formula is C13H18ClNO2.